The summed E-state index contributed by atoms with van der Waals surface area (Å²) in [5, 5.41) is 14.4. The molecule has 1 heterocycles. The van der Waals surface area contributed by atoms with Gasteiger partial charge in [0, 0.05) is 19.2 Å². The number of hydrogen-bond donors (Lipinski definition) is 0. The normalized spacial score (nSPS) is 12.1. The van der Waals surface area contributed by atoms with E-state index in [1.165, 1.54) is 25.3 Å². The van der Waals surface area contributed by atoms with Gasteiger partial charge in [-0.05, 0) is 13.0 Å². The maximum atomic E-state index is 10.7. The third-order valence-electron chi connectivity index (χ3n) is 2.53. The molecule has 1 atom stereocenters. The van der Waals surface area contributed by atoms with Crippen molar-refractivity contribution in [3.63, 3.8) is 0 Å². The molecule has 0 saturated carbocycles. The van der Waals surface area contributed by atoms with E-state index in [0.29, 0.717) is 11.6 Å². The van der Waals surface area contributed by atoms with Gasteiger partial charge < -0.3 is 14.0 Å². The standard InChI is InChI=1S/C12H12ClN3O5/c1-7(12-14-11(6-19-2)15-21-12)20-8-3-4-10(16(17)18)9(13)5-8/h3-5,7H,6H2,1-2H3/t7-/m1/s1. The van der Waals surface area contributed by atoms with Crippen molar-refractivity contribution in [2.75, 3.05) is 7.11 Å². The Kier molecular flexibility index (Phi) is 4.71. The van der Waals surface area contributed by atoms with Crippen molar-refractivity contribution < 1.29 is 18.9 Å². The molecule has 112 valence electrons. The van der Waals surface area contributed by atoms with E-state index in [2.05, 4.69) is 10.1 Å². The molecule has 0 aliphatic rings. The van der Waals surface area contributed by atoms with Crippen LogP contribution < -0.4 is 4.74 Å². The van der Waals surface area contributed by atoms with Crippen molar-refractivity contribution in [1.29, 1.82) is 0 Å². The second-order valence-electron chi connectivity index (χ2n) is 4.11. The lowest BCUT2D eigenvalue weighted by atomic mass is 10.3. The first kappa shape index (κ1) is 15.2. The predicted molar refractivity (Wildman–Crippen MR) is 72.2 cm³/mol. The molecule has 0 amide bonds. The lowest BCUT2D eigenvalue weighted by Crippen LogP contribution is -2.04. The molecular weight excluding hydrogens is 302 g/mol. The number of ether oxygens (including phenoxy) is 2. The Hall–Kier alpha value is -2.19. The summed E-state index contributed by atoms with van der Waals surface area (Å²) in [6.07, 6.45) is -0.527. The molecular formula is C12H12ClN3O5. The van der Waals surface area contributed by atoms with Gasteiger partial charge in [0.1, 0.15) is 17.4 Å². The Morgan fingerprint density at radius 2 is 2.29 bits per heavy atom. The van der Waals surface area contributed by atoms with Crippen molar-refractivity contribution in [2.45, 2.75) is 19.6 Å². The Labute approximate surface area is 124 Å². The minimum atomic E-state index is -0.565. The Balaban J connectivity index is 2.09. The molecule has 2 aromatic rings. The van der Waals surface area contributed by atoms with Crippen LogP contribution in [-0.4, -0.2) is 22.2 Å². The molecule has 0 N–H and O–H groups in total. The van der Waals surface area contributed by atoms with E-state index in [0.717, 1.165) is 0 Å². The average molecular weight is 314 g/mol. The highest BCUT2D eigenvalue weighted by Gasteiger charge is 2.18. The molecule has 8 nitrogen and oxygen atoms in total. The molecule has 0 bridgehead atoms. The molecule has 0 fully saturated rings. The summed E-state index contributed by atoms with van der Waals surface area (Å²) >= 11 is 5.81. The Bertz CT molecular complexity index is 646. The fourth-order valence-electron chi connectivity index (χ4n) is 1.58. The summed E-state index contributed by atoms with van der Waals surface area (Å²) in [5.41, 5.74) is -0.183. The number of nitro groups is 1. The molecule has 21 heavy (non-hydrogen) atoms. The lowest BCUT2D eigenvalue weighted by molar-refractivity contribution is -0.384. The first-order valence-electron chi connectivity index (χ1n) is 5.93. The third-order valence-corrected chi connectivity index (χ3v) is 2.84. The van der Waals surface area contributed by atoms with Crippen LogP contribution in [0.15, 0.2) is 22.7 Å². The quantitative estimate of drug-likeness (QED) is 0.597. The average Bonchev–Trinajstić information content (AvgIpc) is 2.87. The van der Waals surface area contributed by atoms with E-state index in [9.17, 15) is 10.1 Å². The zero-order valence-corrected chi connectivity index (χ0v) is 12.0. The first-order chi connectivity index (χ1) is 10.0. The molecule has 0 spiro atoms. The smallest absolute Gasteiger partial charge is 0.288 e. The van der Waals surface area contributed by atoms with E-state index in [-0.39, 0.29) is 23.2 Å². The molecule has 0 aliphatic carbocycles. The van der Waals surface area contributed by atoms with Crippen LogP contribution in [0.4, 0.5) is 5.69 Å². The van der Waals surface area contributed by atoms with Crippen molar-refractivity contribution in [1.82, 2.24) is 10.1 Å². The van der Waals surface area contributed by atoms with Crippen molar-refractivity contribution in [3.8, 4) is 5.75 Å². The largest absolute Gasteiger partial charge is 0.481 e. The van der Waals surface area contributed by atoms with Crippen LogP contribution in [0.3, 0.4) is 0 Å². The number of hydrogen-bond acceptors (Lipinski definition) is 7. The van der Waals surface area contributed by atoms with E-state index in [1.54, 1.807) is 6.92 Å². The third kappa shape index (κ3) is 3.67. The highest BCUT2D eigenvalue weighted by Crippen LogP contribution is 2.30. The number of aromatic nitrogens is 2. The Morgan fingerprint density at radius 1 is 1.52 bits per heavy atom. The van der Waals surface area contributed by atoms with E-state index < -0.39 is 11.0 Å². The zero-order valence-electron chi connectivity index (χ0n) is 11.3. The maximum absolute atomic E-state index is 10.7. The van der Waals surface area contributed by atoms with Crippen LogP contribution in [0.5, 0.6) is 5.75 Å². The summed E-state index contributed by atoms with van der Waals surface area (Å²) in [4.78, 5) is 14.2. The van der Waals surface area contributed by atoms with E-state index in [4.69, 9.17) is 25.6 Å². The molecule has 0 aliphatic heterocycles. The zero-order chi connectivity index (χ0) is 15.4. The van der Waals surface area contributed by atoms with Crippen LogP contribution in [0.1, 0.15) is 24.7 Å². The number of rotatable bonds is 6. The van der Waals surface area contributed by atoms with E-state index in [1.807, 2.05) is 0 Å². The van der Waals surface area contributed by atoms with Crippen molar-refractivity contribution in [2.24, 2.45) is 0 Å². The van der Waals surface area contributed by atoms with Crippen LogP contribution >= 0.6 is 11.6 Å². The van der Waals surface area contributed by atoms with Crippen LogP contribution in [0.2, 0.25) is 5.02 Å². The number of benzene rings is 1. The monoisotopic (exact) mass is 313 g/mol. The molecule has 0 saturated heterocycles. The maximum Gasteiger partial charge on any atom is 0.288 e. The number of halogens is 1. The van der Waals surface area contributed by atoms with Gasteiger partial charge in [0.25, 0.3) is 11.6 Å². The summed E-state index contributed by atoms with van der Waals surface area (Å²) in [5.74, 6) is 1.05. The van der Waals surface area contributed by atoms with Gasteiger partial charge >= 0.3 is 0 Å². The topological polar surface area (TPSA) is 101 Å². The van der Waals surface area contributed by atoms with Gasteiger partial charge in [-0.1, -0.05) is 16.8 Å². The van der Waals surface area contributed by atoms with Crippen molar-refractivity contribution in [3.05, 3.63) is 45.1 Å². The van der Waals surface area contributed by atoms with Gasteiger partial charge in [0.15, 0.2) is 11.9 Å². The molecule has 1 aromatic heterocycles. The van der Waals surface area contributed by atoms with E-state index >= 15 is 0 Å². The number of nitrogens with zero attached hydrogens (tertiary/aromatic N) is 3. The summed E-state index contributed by atoms with van der Waals surface area (Å²) in [6.45, 7) is 1.94. The van der Waals surface area contributed by atoms with Gasteiger partial charge in [-0.15, -0.1) is 0 Å². The minimum absolute atomic E-state index is 0.00435. The SMILES string of the molecule is COCc1noc([C@@H](C)Oc2ccc([N+](=O)[O-])c(Cl)c2)n1. The minimum Gasteiger partial charge on any atom is -0.481 e. The molecule has 2 rings (SSSR count). The van der Waals surface area contributed by atoms with Crippen LogP contribution in [0, 0.1) is 10.1 Å². The number of methoxy groups -OCH3 is 1. The Morgan fingerprint density at radius 3 is 2.90 bits per heavy atom. The molecule has 0 radical (unpaired) electrons. The van der Waals surface area contributed by atoms with Gasteiger partial charge in [-0.3, -0.25) is 10.1 Å². The lowest BCUT2D eigenvalue weighted by Gasteiger charge is -2.10. The van der Waals surface area contributed by atoms with Crippen LogP contribution in [-0.2, 0) is 11.3 Å². The first-order valence-corrected chi connectivity index (χ1v) is 6.31. The van der Waals surface area contributed by atoms with Gasteiger partial charge in [0.2, 0.25) is 0 Å². The van der Waals surface area contributed by atoms with Gasteiger partial charge in [0.05, 0.1) is 4.92 Å². The van der Waals surface area contributed by atoms with Gasteiger partial charge in [-0.2, -0.15) is 4.98 Å². The van der Waals surface area contributed by atoms with Crippen LogP contribution in [0.25, 0.3) is 0 Å². The summed E-state index contributed by atoms with van der Waals surface area (Å²) in [7, 11) is 1.52. The fraction of sp³-hybridized carbons (Fsp3) is 0.333. The van der Waals surface area contributed by atoms with Gasteiger partial charge in [-0.25, -0.2) is 0 Å². The second-order valence-corrected chi connectivity index (χ2v) is 4.52. The number of nitro benzene ring substituents is 1. The summed E-state index contributed by atoms with van der Waals surface area (Å²) in [6, 6.07) is 4.09. The molecule has 1 aromatic carbocycles. The second kappa shape index (κ2) is 6.51. The summed E-state index contributed by atoms with van der Waals surface area (Å²) < 4.78 is 15.5. The predicted octanol–water partition coefficient (Wildman–Crippen LogP) is 2.92. The molecule has 9 heteroatoms. The molecule has 0 unspecified atom stereocenters. The fourth-order valence-corrected chi connectivity index (χ4v) is 1.82. The highest BCUT2D eigenvalue weighted by atomic mass is 35.5. The van der Waals surface area contributed by atoms with Crippen molar-refractivity contribution >= 4 is 17.3 Å². The highest BCUT2D eigenvalue weighted by molar-refractivity contribution is 6.32.